The second-order valence-corrected chi connectivity index (χ2v) is 4.21. The molecule has 1 aliphatic carbocycles. The maximum Gasteiger partial charge on any atom is 0.315 e. The van der Waals surface area contributed by atoms with Crippen LogP contribution in [0.15, 0.2) is 0 Å². The molecule has 1 fully saturated rings. The molecule has 1 saturated carbocycles. The van der Waals surface area contributed by atoms with Crippen molar-refractivity contribution in [1.82, 2.24) is 0 Å². The molecule has 1 atom stereocenters. The fourth-order valence-electron chi connectivity index (χ4n) is 1.18. The minimum absolute atomic E-state index is 0.254. The highest BCUT2D eigenvalue weighted by Gasteiger charge is 2.34. The molecule has 0 heterocycles. The van der Waals surface area contributed by atoms with Crippen molar-refractivity contribution in [3.63, 3.8) is 0 Å². The van der Waals surface area contributed by atoms with Crippen LogP contribution in [0.5, 0.6) is 0 Å². The Kier molecular flexibility index (Phi) is 3.89. The summed E-state index contributed by atoms with van der Waals surface area (Å²) in [5.41, 5.74) is 4.84. The molecule has 0 radical (unpaired) electrons. The first-order valence-electron chi connectivity index (χ1n) is 4.98. The Bertz CT molecular complexity index is 204. The van der Waals surface area contributed by atoms with Crippen molar-refractivity contribution in [2.75, 3.05) is 26.9 Å². The summed E-state index contributed by atoms with van der Waals surface area (Å²) in [4.78, 5) is 11.4. The summed E-state index contributed by atoms with van der Waals surface area (Å²) in [6.07, 6.45) is 2.50. The molecule has 0 aromatic heterocycles. The fourth-order valence-corrected chi connectivity index (χ4v) is 1.18. The molecule has 4 nitrogen and oxygen atoms in total. The Labute approximate surface area is 84.7 Å². The molecular formula is C10H19NO3. The smallest absolute Gasteiger partial charge is 0.315 e. The minimum Gasteiger partial charge on any atom is -0.468 e. The molecule has 1 unspecified atom stereocenters. The minimum atomic E-state index is -0.691. The van der Waals surface area contributed by atoms with E-state index in [0.29, 0.717) is 12.5 Å². The van der Waals surface area contributed by atoms with Crippen LogP contribution in [0.3, 0.4) is 0 Å². The predicted octanol–water partition coefficient (Wildman–Crippen LogP) is 0.551. The first kappa shape index (κ1) is 11.5. The van der Waals surface area contributed by atoms with E-state index in [2.05, 4.69) is 4.74 Å². The highest BCUT2D eigenvalue weighted by molar-refractivity contribution is 5.76. The lowest BCUT2D eigenvalue weighted by Gasteiger charge is -2.24. The summed E-state index contributed by atoms with van der Waals surface area (Å²) < 4.78 is 10.1. The molecule has 0 aliphatic heterocycles. The molecule has 0 aromatic carbocycles. The zero-order chi connectivity index (χ0) is 10.6. The Hall–Kier alpha value is -0.610. The lowest BCUT2D eigenvalue weighted by Crippen LogP contribution is -2.41. The van der Waals surface area contributed by atoms with Crippen LogP contribution >= 0.6 is 0 Å². The first-order valence-corrected chi connectivity index (χ1v) is 4.98. The average Bonchev–Trinajstić information content (AvgIpc) is 3.00. The van der Waals surface area contributed by atoms with Crippen molar-refractivity contribution in [3.8, 4) is 0 Å². The molecule has 0 bridgehead atoms. The molecular weight excluding hydrogens is 182 g/mol. The van der Waals surface area contributed by atoms with E-state index < -0.39 is 5.41 Å². The monoisotopic (exact) mass is 201 g/mol. The lowest BCUT2D eigenvalue weighted by molar-refractivity contribution is -0.154. The second-order valence-electron chi connectivity index (χ2n) is 4.21. The number of nitrogens with two attached hydrogens (primary N) is 1. The Balaban J connectivity index is 2.30. The van der Waals surface area contributed by atoms with Gasteiger partial charge in [-0.25, -0.2) is 0 Å². The van der Waals surface area contributed by atoms with Crippen LogP contribution in [-0.2, 0) is 14.3 Å². The van der Waals surface area contributed by atoms with Gasteiger partial charge in [-0.15, -0.1) is 0 Å². The normalized spacial score (nSPS) is 20.2. The molecule has 0 spiro atoms. The summed E-state index contributed by atoms with van der Waals surface area (Å²) in [5.74, 6) is 0.408. The van der Waals surface area contributed by atoms with E-state index in [1.54, 1.807) is 6.92 Å². The third-order valence-corrected chi connectivity index (χ3v) is 2.60. The van der Waals surface area contributed by atoms with Gasteiger partial charge >= 0.3 is 5.97 Å². The van der Waals surface area contributed by atoms with E-state index in [9.17, 15) is 4.79 Å². The number of hydrogen-bond donors (Lipinski definition) is 1. The number of carbonyl (C=O) groups excluding carboxylic acids is 1. The van der Waals surface area contributed by atoms with Gasteiger partial charge in [-0.1, -0.05) is 0 Å². The number of hydrogen-bond acceptors (Lipinski definition) is 4. The largest absolute Gasteiger partial charge is 0.468 e. The highest BCUT2D eigenvalue weighted by Crippen LogP contribution is 2.29. The summed E-state index contributed by atoms with van der Waals surface area (Å²) in [6, 6.07) is 0. The van der Waals surface area contributed by atoms with Gasteiger partial charge in [0.2, 0.25) is 0 Å². The van der Waals surface area contributed by atoms with Crippen molar-refractivity contribution < 1.29 is 14.3 Å². The van der Waals surface area contributed by atoms with Crippen molar-refractivity contribution in [1.29, 1.82) is 0 Å². The van der Waals surface area contributed by atoms with Crippen LogP contribution < -0.4 is 5.73 Å². The van der Waals surface area contributed by atoms with Gasteiger partial charge in [-0.05, 0) is 25.7 Å². The second kappa shape index (κ2) is 4.75. The average molecular weight is 201 g/mol. The van der Waals surface area contributed by atoms with Gasteiger partial charge in [0.1, 0.15) is 5.41 Å². The van der Waals surface area contributed by atoms with E-state index in [1.165, 1.54) is 20.0 Å². The summed E-state index contributed by atoms with van der Waals surface area (Å²) in [5, 5.41) is 0. The molecule has 14 heavy (non-hydrogen) atoms. The van der Waals surface area contributed by atoms with Crippen LogP contribution in [0.1, 0.15) is 19.8 Å². The Morgan fingerprint density at radius 3 is 2.64 bits per heavy atom. The van der Waals surface area contributed by atoms with Gasteiger partial charge < -0.3 is 15.2 Å². The van der Waals surface area contributed by atoms with Crippen molar-refractivity contribution in [2.24, 2.45) is 17.1 Å². The van der Waals surface area contributed by atoms with Crippen LogP contribution in [0.2, 0.25) is 0 Å². The first-order chi connectivity index (χ1) is 6.62. The molecule has 1 rings (SSSR count). The van der Waals surface area contributed by atoms with E-state index in [4.69, 9.17) is 10.5 Å². The van der Waals surface area contributed by atoms with Crippen LogP contribution in [0.25, 0.3) is 0 Å². The van der Waals surface area contributed by atoms with Gasteiger partial charge in [0, 0.05) is 13.2 Å². The van der Waals surface area contributed by atoms with Crippen molar-refractivity contribution >= 4 is 5.97 Å². The lowest BCUT2D eigenvalue weighted by atomic mass is 9.92. The van der Waals surface area contributed by atoms with E-state index in [-0.39, 0.29) is 12.5 Å². The zero-order valence-corrected chi connectivity index (χ0v) is 8.91. The molecule has 0 saturated heterocycles. The van der Waals surface area contributed by atoms with E-state index in [0.717, 1.165) is 6.61 Å². The van der Waals surface area contributed by atoms with Gasteiger partial charge in [0.15, 0.2) is 0 Å². The quantitative estimate of drug-likeness (QED) is 0.637. The van der Waals surface area contributed by atoms with Crippen LogP contribution in [0, 0.1) is 11.3 Å². The van der Waals surface area contributed by atoms with Gasteiger partial charge in [-0.2, -0.15) is 0 Å². The third-order valence-electron chi connectivity index (χ3n) is 2.60. The van der Waals surface area contributed by atoms with Gasteiger partial charge in [0.25, 0.3) is 0 Å². The summed E-state index contributed by atoms with van der Waals surface area (Å²) in [7, 11) is 1.37. The standard InChI is InChI=1S/C10H19NO3/c1-10(6-11,9(12)13-2)7-14-5-8-3-4-8/h8H,3-7,11H2,1-2H3. The summed E-state index contributed by atoms with van der Waals surface area (Å²) in [6.45, 7) is 3.12. The number of rotatable bonds is 6. The highest BCUT2D eigenvalue weighted by atomic mass is 16.5. The van der Waals surface area contributed by atoms with Crippen LogP contribution in [0.4, 0.5) is 0 Å². The van der Waals surface area contributed by atoms with Crippen molar-refractivity contribution in [3.05, 3.63) is 0 Å². The molecule has 1 aliphatic rings. The SMILES string of the molecule is COC(=O)C(C)(CN)COCC1CC1. The number of methoxy groups -OCH3 is 1. The zero-order valence-electron chi connectivity index (χ0n) is 8.91. The number of ether oxygens (including phenoxy) is 2. The summed E-state index contributed by atoms with van der Waals surface area (Å²) >= 11 is 0. The van der Waals surface area contributed by atoms with E-state index in [1.807, 2.05) is 0 Å². The Morgan fingerprint density at radius 2 is 2.21 bits per heavy atom. The number of esters is 1. The number of carbonyl (C=O) groups is 1. The Morgan fingerprint density at radius 1 is 1.57 bits per heavy atom. The van der Waals surface area contributed by atoms with E-state index >= 15 is 0 Å². The molecule has 82 valence electrons. The topological polar surface area (TPSA) is 61.5 Å². The van der Waals surface area contributed by atoms with Crippen LogP contribution in [-0.4, -0.2) is 32.8 Å². The molecule has 0 aromatic rings. The fraction of sp³-hybridized carbons (Fsp3) is 0.900. The molecule has 0 amide bonds. The van der Waals surface area contributed by atoms with Gasteiger partial charge in [-0.3, -0.25) is 4.79 Å². The molecule has 4 heteroatoms. The maximum atomic E-state index is 11.4. The maximum absolute atomic E-state index is 11.4. The third kappa shape index (κ3) is 2.96. The predicted molar refractivity (Wildman–Crippen MR) is 52.7 cm³/mol. The van der Waals surface area contributed by atoms with Gasteiger partial charge in [0.05, 0.1) is 13.7 Å². The molecule has 2 N–H and O–H groups in total. The van der Waals surface area contributed by atoms with Crippen molar-refractivity contribution in [2.45, 2.75) is 19.8 Å².